The molecule has 0 saturated heterocycles. The molecule has 0 saturated carbocycles. The molecule has 3 heteroatoms. The number of allylic oxidation sites excluding steroid dienone is 3. The van der Waals surface area contributed by atoms with Crippen molar-refractivity contribution in [1.82, 2.24) is 5.32 Å². The maximum Gasteiger partial charge on any atom is 0.228 e. The van der Waals surface area contributed by atoms with Gasteiger partial charge in [-0.3, -0.25) is 9.59 Å². The zero-order chi connectivity index (χ0) is 10.6. The number of rotatable bonds is 4. The van der Waals surface area contributed by atoms with Gasteiger partial charge in [0.05, 0.1) is 0 Å². The molecule has 0 aromatic carbocycles. The summed E-state index contributed by atoms with van der Waals surface area (Å²) >= 11 is 0. The predicted octanol–water partition coefficient (Wildman–Crippen LogP) is 1.36. The summed E-state index contributed by atoms with van der Waals surface area (Å²) in [5, 5.41) is 3.12. The van der Waals surface area contributed by atoms with Crippen molar-refractivity contribution in [3.05, 3.63) is 23.4 Å². The van der Waals surface area contributed by atoms with Gasteiger partial charge in [0.15, 0.2) is 0 Å². The minimum Gasteiger partial charge on any atom is -0.385 e. The lowest BCUT2D eigenvalue weighted by Crippen LogP contribution is -2.23. The molecule has 0 bridgehead atoms. The van der Waals surface area contributed by atoms with Gasteiger partial charge in [-0.25, -0.2) is 0 Å². The molecular formula is C11H15NO2. The van der Waals surface area contributed by atoms with Crippen LogP contribution < -0.4 is 5.32 Å². The Morgan fingerprint density at radius 3 is 2.57 bits per heavy atom. The lowest BCUT2D eigenvalue weighted by Gasteiger charge is -2.11. The second-order valence-corrected chi connectivity index (χ2v) is 3.40. The minimum absolute atomic E-state index is 0.397. The van der Waals surface area contributed by atoms with Crippen molar-refractivity contribution in [2.75, 3.05) is 6.54 Å². The third kappa shape index (κ3) is 2.55. The summed E-state index contributed by atoms with van der Waals surface area (Å²) in [5.41, 5.74) is 1.26. The van der Waals surface area contributed by atoms with Crippen LogP contribution in [0.3, 0.4) is 0 Å². The number of carbonyl (C=O) groups excluding carboxylic acids is 2. The fraction of sp³-hybridized carbons (Fsp3) is 0.455. The number of hydrogen-bond donors (Lipinski definition) is 1. The van der Waals surface area contributed by atoms with Gasteiger partial charge in [-0.15, -0.1) is 0 Å². The van der Waals surface area contributed by atoms with Crippen LogP contribution >= 0.6 is 0 Å². The molecule has 1 rings (SSSR count). The van der Waals surface area contributed by atoms with Crippen LogP contribution in [0.25, 0.3) is 0 Å². The van der Waals surface area contributed by atoms with Crippen molar-refractivity contribution in [2.24, 2.45) is 0 Å². The summed E-state index contributed by atoms with van der Waals surface area (Å²) in [6.45, 7) is 4.61. The highest BCUT2D eigenvalue weighted by Gasteiger charge is 2.18. The summed E-state index contributed by atoms with van der Waals surface area (Å²) in [7, 11) is 0. The standard InChI is InChI=1S/C11H15NO2/c1-3-4-5-12-9-6-8(2)11(14)10(13)7-9/h6-7,12H,3-5H2,1-2H3. The molecular weight excluding hydrogens is 178 g/mol. The molecule has 0 fully saturated rings. The van der Waals surface area contributed by atoms with E-state index in [0.717, 1.165) is 25.1 Å². The smallest absolute Gasteiger partial charge is 0.228 e. The topological polar surface area (TPSA) is 46.2 Å². The maximum atomic E-state index is 11.1. The van der Waals surface area contributed by atoms with Crippen molar-refractivity contribution in [3.63, 3.8) is 0 Å². The van der Waals surface area contributed by atoms with Gasteiger partial charge in [0, 0.05) is 23.9 Å². The third-order valence-electron chi connectivity index (χ3n) is 2.10. The third-order valence-corrected chi connectivity index (χ3v) is 2.10. The van der Waals surface area contributed by atoms with Crippen LogP contribution in [0.15, 0.2) is 23.4 Å². The normalized spacial score (nSPS) is 16.4. The molecule has 1 aliphatic carbocycles. The first-order valence-electron chi connectivity index (χ1n) is 4.87. The number of hydrogen-bond acceptors (Lipinski definition) is 3. The van der Waals surface area contributed by atoms with Gasteiger partial charge in [0.25, 0.3) is 0 Å². The molecule has 76 valence electrons. The zero-order valence-corrected chi connectivity index (χ0v) is 8.59. The summed E-state index contributed by atoms with van der Waals surface area (Å²) in [6, 6.07) is 0. The van der Waals surface area contributed by atoms with Gasteiger partial charge in [-0.1, -0.05) is 13.3 Å². The molecule has 0 amide bonds. The van der Waals surface area contributed by atoms with Gasteiger partial charge >= 0.3 is 0 Å². The first-order valence-corrected chi connectivity index (χ1v) is 4.87. The van der Waals surface area contributed by atoms with Gasteiger partial charge in [0.2, 0.25) is 11.6 Å². The molecule has 1 aliphatic rings. The Hall–Kier alpha value is -1.38. The highest BCUT2D eigenvalue weighted by atomic mass is 16.2. The SMILES string of the molecule is CCCCNC1=CC(=O)C(=O)C(C)=C1. The second-order valence-electron chi connectivity index (χ2n) is 3.40. The highest BCUT2D eigenvalue weighted by Crippen LogP contribution is 2.09. The van der Waals surface area contributed by atoms with E-state index in [1.54, 1.807) is 13.0 Å². The van der Waals surface area contributed by atoms with Crippen molar-refractivity contribution in [2.45, 2.75) is 26.7 Å². The molecule has 3 nitrogen and oxygen atoms in total. The van der Waals surface area contributed by atoms with Crippen LogP contribution in [-0.4, -0.2) is 18.1 Å². The Balaban J connectivity index is 2.59. The van der Waals surface area contributed by atoms with E-state index in [1.807, 2.05) is 0 Å². The van der Waals surface area contributed by atoms with Gasteiger partial charge < -0.3 is 5.32 Å². The molecule has 0 aromatic heterocycles. The number of carbonyl (C=O) groups is 2. The Morgan fingerprint density at radius 2 is 2.00 bits per heavy atom. The Labute approximate surface area is 83.9 Å². The van der Waals surface area contributed by atoms with E-state index in [2.05, 4.69) is 12.2 Å². The number of Topliss-reactive ketones (excluding diaryl/α,β-unsaturated/α-hetero) is 1. The molecule has 0 aliphatic heterocycles. The Morgan fingerprint density at radius 1 is 1.29 bits per heavy atom. The minimum atomic E-state index is -0.427. The molecule has 0 atom stereocenters. The van der Waals surface area contributed by atoms with Crippen molar-refractivity contribution in [1.29, 1.82) is 0 Å². The molecule has 0 radical (unpaired) electrons. The van der Waals surface area contributed by atoms with Gasteiger partial charge in [-0.05, 0) is 19.4 Å². The molecule has 0 aromatic rings. The van der Waals surface area contributed by atoms with Crippen LogP contribution in [0.1, 0.15) is 26.7 Å². The van der Waals surface area contributed by atoms with Crippen LogP contribution in [0.2, 0.25) is 0 Å². The average Bonchev–Trinajstić information content (AvgIpc) is 2.14. The summed E-state index contributed by atoms with van der Waals surface area (Å²) in [6.07, 6.45) is 5.26. The van der Waals surface area contributed by atoms with Crippen LogP contribution in [0.5, 0.6) is 0 Å². The lowest BCUT2D eigenvalue weighted by atomic mass is 10.0. The predicted molar refractivity (Wildman–Crippen MR) is 54.8 cm³/mol. The highest BCUT2D eigenvalue weighted by molar-refractivity contribution is 6.48. The largest absolute Gasteiger partial charge is 0.385 e. The number of nitrogens with one attached hydrogen (secondary N) is 1. The first-order chi connectivity index (χ1) is 6.65. The number of ketones is 2. The summed E-state index contributed by atoms with van der Waals surface area (Å²) < 4.78 is 0. The van der Waals surface area contributed by atoms with E-state index in [0.29, 0.717) is 5.57 Å². The second kappa shape index (κ2) is 4.74. The van der Waals surface area contributed by atoms with Crippen LogP contribution in [-0.2, 0) is 9.59 Å². The zero-order valence-electron chi connectivity index (χ0n) is 8.59. The van der Waals surface area contributed by atoms with Gasteiger partial charge in [0.1, 0.15) is 0 Å². The summed E-state index contributed by atoms with van der Waals surface area (Å²) in [4.78, 5) is 22.3. The van der Waals surface area contributed by atoms with Crippen molar-refractivity contribution < 1.29 is 9.59 Å². The quantitative estimate of drug-likeness (QED) is 0.416. The fourth-order valence-corrected chi connectivity index (χ4v) is 1.25. The maximum absolute atomic E-state index is 11.1. The monoisotopic (exact) mass is 193 g/mol. The van der Waals surface area contributed by atoms with E-state index in [4.69, 9.17) is 0 Å². The number of unbranched alkanes of at least 4 members (excludes halogenated alkanes) is 1. The van der Waals surface area contributed by atoms with E-state index < -0.39 is 11.6 Å². The van der Waals surface area contributed by atoms with E-state index in [-0.39, 0.29) is 0 Å². The fourth-order valence-electron chi connectivity index (χ4n) is 1.25. The van der Waals surface area contributed by atoms with Crippen molar-refractivity contribution in [3.8, 4) is 0 Å². The van der Waals surface area contributed by atoms with E-state index in [9.17, 15) is 9.59 Å². The van der Waals surface area contributed by atoms with Gasteiger partial charge in [-0.2, -0.15) is 0 Å². The first kappa shape index (κ1) is 10.7. The summed E-state index contributed by atoms with van der Waals surface area (Å²) in [5.74, 6) is -0.824. The molecule has 1 N–H and O–H groups in total. The molecule has 0 heterocycles. The average molecular weight is 193 g/mol. The molecule has 0 spiro atoms. The molecule has 14 heavy (non-hydrogen) atoms. The van der Waals surface area contributed by atoms with Crippen molar-refractivity contribution >= 4 is 11.6 Å². The van der Waals surface area contributed by atoms with E-state index in [1.165, 1.54) is 6.08 Å². The van der Waals surface area contributed by atoms with Crippen LogP contribution in [0.4, 0.5) is 0 Å². The lowest BCUT2D eigenvalue weighted by molar-refractivity contribution is -0.131. The Bertz CT molecular complexity index is 313. The molecule has 0 unspecified atom stereocenters. The van der Waals surface area contributed by atoms with E-state index >= 15 is 0 Å². The van der Waals surface area contributed by atoms with Crippen LogP contribution in [0, 0.1) is 0 Å². The Kier molecular flexibility index (Phi) is 3.63.